The van der Waals surface area contributed by atoms with Crippen molar-refractivity contribution in [2.45, 2.75) is 83.2 Å². The molecule has 192 valence electrons. The fourth-order valence-corrected chi connectivity index (χ4v) is 4.91. The average Bonchev–Trinajstić information content (AvgIpc) is 3.20. The van der Waals surface area contributed by atoms with Gasteiger partial charge < -0.3 is 14.6 Å². The number of carboxylic acids is 1. The summed E-state index contributed by atoms with van der Waals surface area (Å²) in [4.78, 5) is 11.5. The number of aromatic carboxylic acids is 1. The first-order valence-corrected chi connectivity index (χ1v) is 12.9. The van der Waals surface area contributed by atoms with Crippen molar-refractivity contribution in [3.63, 3.8) is 0 Å². The van der Waals surface area contributed by atoms with Gasteiger partial charge in [0.05, 0.1) is 16.8 Å². The molecule has 0 saturated carbocycles. The Hall–Kier alpha value is -2.95. The molecule has 0 radical (unpaired) electrons. The fourth-order valence-electron chi connectivity index (χ4n) is 4.91. The van der Waals surface area contributed by atoms with Crippen molar-refractivity contribution >= 4 is 5.97 Å². The highest BCUT2D eigenvalue weighted by atomic mass is 16.5. The smallest absolute Gasteiger partial charge is 0.335 e. The maximum Gasteiger partial charge on any atom is 0.335 e. The van der Waals surface area contributed by atoms with Gasteiger partial charge in [-0.05, 0) is 87.6 Å². The van der Waals surface area contributed by atoms with Crippen molar-refractivity contribution in [3.8, 4) is 0 Å². The van der Waals surface area contributed by atoms with Crippen LogP contribution in [0.1, 0.15) is 76.7 Å². The standard InChI is InChI=1S/C32H40O4/c1-7-31(6,27-17-14-16-25(24-27)28(33)34)35-30(5)22-15-18-26(19-23-30)32(8-2,9-3)36-29(4)20-12-10-11-13-21-29/h10-24H,7-9H2,1-6H3,(H,33,34). The van der Waals surface area contributed by atoms with Crippen LogP contribution >= 0.6 is 0 Å². The van der Waals surface area contributed by atoms with E-state index in [4.69, 9.17) is 9.47 Å². The van der Waals surface area contributed by atoms with E-state index in [1.54, 1.807) is 18.2 Å². The second-order valence-electron chi connectivity index (χ2n) is 10.2. The minimum atomic E-state index is -0.942. The number of ether oxygens (including phenoxy) is 2. The van der Waals surface area contributed by atoms with E-state index < -0.39 is 28.4 Å². The van der Waals surface area contributed by atoms with Crippen molar-refractivity contribution in [1.29, 1.82) is 0 Å². The van der Waals surface area contributed by atoms with E-state index in [0.29, 0.717) is 6.42 Å². The molecule has 0 saturated heterocycles. The molecule has 0 amide bonds. The number of carboxylic acid groups (broad SMARTS) is 1. The van der Waals surface area contributed by atoms with Gasteiger partial charge in [0.2, 0.25) is 0 Å². The second kappa shape index (κ2) is 11.0. The van der Waals surface area contributed by atoms with E-state index in [1.165, 1.54) is 0 Å². The van der Waals surface area contributed by atoms with Crippen LogP contribution in [-0.4, -0.2) is 27.9 Å². The predicted molar refractivity (Wildman–Crippen MR) is 147 cm³/mol. The summed E-state index contributed by atoms with van der Waals surface area (Å²) < 4.78 is 13.6. The molecule has 0 heterocycles. The Balaban J connectivity index is 1.90. The molecular weight excluding hydrogens is 448 g/mol. The number of benzene rings is 1. The van der Waals surface area contributed by atoms with Crippen LogP contribution in [0.25, 0.3) is 0 Å². The highest BCUT2D eigenvalue weighted by molar-refractivity contribution is 5.87. The molecule has 3 rings (SSSR count). The van der Waals surface area contributed by atoms with Gasteiger partial charge in [-0.2, -0.15) is 0 Å². The topological polar surface area (TPSA) is 55.8 Å². The van der Waals surface area contributed by atoms with Crippen molar-refractivity contribution in [3.05, 3.63) is 108 Å². The van der Waals surface area contributed by atoms with Crippen LogP contribution in [-0.2, 0) is 15.1 Å². The number of allylic oxidation sites excluding steroid dienone is 6. The highest BCUT2D eigenvalue weighted by Gasteiger charge is 2.39. The van der Waals surface area contributed by atoms with Crippen molar-refractivity contribution in [2.75, 3.05) is 0 Å². The molecule has 4 heteroatoms. The first-order chi connectivity index (χ1) is 17.0. The molecule has 2 atom stereocenters. The maximum atomic E-state index is 11.5. The first-order valence-electron chi connectivity index (χ1n) is 12.9. The molecule has 0 aliphatic heterocycles. The number of carbonyl (C=O) groups is 1. The zero-order valence-electron chi connectivity index (χ0n) is 22.5. The fraction of sp³-hybridized carbons (Fsp3) is 0.406. The lowest BCUT2D eigenvalue weighted by Crippen LogP contribution is -2.41. The second-order valence-corrected chi connectivity index (χ2v) is 10.2. The Kier molecular flexibility index (Phi) is 8.43. The van der Waals surface area contributed by atoms with E-state index in [2.05, 4.69) is 64.2 Å². The number of hydrogen-bond acceptors (Lipinski definition) is 3. The summed E-state index contributed by atoms with van der Waals surface area (Å²) in [5.74, 6) is -0.942. The van der Waals surface area contributed by atoms with Gasteiger partial charge in [0.15, 0.2) is 0 Å². The molecule has 0 aromatic heterocycles. The quantitative estimate of drug-likeness (QED) is 0.364. The summed E-state index contributed by atoms with van der Waals surface area (Å²) in [7, 11) is 0. The lowest BCUT2D eigenvalue weighted by molar-refractivity contribution is -0.101. The van der Waals surface area contributed by atoms with Gasteiger partial charge in [-0.1, -0.05) is 75.4 Å². The summed E-state index contributed by atoms with van der Waals surface area (Å²) in [5, 5.41) is 9.47. The van der Waals surface area contributed by atoms with Crippen molar-refractivity contribution in [1.82, 2.24) is 0 Å². The summed E-state index contributed by atoms with van der Waals surface area (Å²) >= 11 is 0. The molecule has 0 spiro atoms. The summed E-state index contributed by atoms with van der Waals surface area (Å²) in [6, 6.07) is 7.02. The predicted octanol–water partition coefficient (Wildman–Crippen LogP) is 7.85. The third-order valence-corrected chi connectivity index (χ3v) is 7.41. The summed E-state index contributed by atoms with van der Waals surface area (Å²) in [6.07, 6.45) is 25.0. The van der Waals surface area contributed by atoms with Gasteiger partial charge in [-0.3, -0.25) is 0 Å². The largest absolute Gasteiger partial charge is 0.478 e. The maximum absolute atomic E-state index is 11.5. The molecule has 36 heavy (non-hydrogen) atoms. The van der Waals surface area contributed by atoms with Crippen LogP contribution in [0, 0.1) is 0 Å². The Morgan fingerprint density at radius 1 is 0.861 bits per heavy atom. The minimum Gasteiger partial charge on any atom is -0.478 e. The van der Waals surface area contributed by atoms with Crippen molar-refractivity contribution in [2.24, 2.45) is 0 Å². The van der Waals surface area contributed by atoms with E-state index >= 15 is 0 Å². The zero-order chi connectivity index (χ0) is 26.5. The Morgan fingerprint density at radius 2 is 1.47 bits per heavy atom. The van der Waals surface area contributed by atoms with Gasteiger partial charge in [-0.15, -0.1) is 0 Å². The van der Waals surface area contributed by atoms with Gasteiger partial charge in [0.25, 0.3) is 0 Å². The van der Waals surface area contributed by atoms with Gasteiger partial charge in [0.1, 0.15) is 11.2 Å². The van der Waals surface area contributed by atoms with Crippen LogP contribution in [0.2, 0.25) is 0 Å². The molecule has 4 nitrogen and oxygen atoms in total. The molecule has 2 aliphatic rings. The molecule has 0 fully saturated rings. The van der Waals surface area contributed by atoms with Crippen molar-refractivity contribution < 1.29 is 19.4 Å². The van der Waals surface area contributed by atoms with Crippen LogP contribution in [0.4, 0.5) is 0 Å². The van der Waals surface area contributed by atoms with E-state index in [1.807, 2.05) is 50.3 Å². The zero-order valence-corrected chi connectivity index (χ0v) is 22.5. The van der Waals surface area contributed by atoms with Gasteiger partial charge in [-0.25, -0.2) is 4.79 Å². The monoisotopic (exact) mass is 488 g/mol. The molecule has 0 bridgehead atoms. The molecule has 2 aliphatic carbocycles. The Labute approximate surface area is 216 Å². The van der Waals surface area contributed by atoms with E-state index in [9.17, 15) is 9.90 Å². The summed E-state index contributed by atoms with van der Waals surface area (Å²) in [5.41, 5.74) is -0.139. The average molecular weight is 489 g/mol. The third kappa shape index (κ3) is 6.05. The van der Waals surface area contributed by atoms with Gasteiger partial charge in [0, 0.05) is 0 Å². The summed E-state index contributed by atoms with van der Waals surface area (Å²) in [6.45, 7) is 12.5. The number of hydrogen-bond donors (Lipinski definition) is 1. The lowest BCUT2D eigenvalue weighted by Gasteiger charge is -2.40. The third-order valence-electron chi connectivity index (χ3n) is 7.41. The van der Waals surface area contributed by atoms with Gasteiger partial charge >= 0.3 is 5.97 Å². The lowest BCUT2D eigenvalue weighted by atomic mass is 9.85. The first kappa shape index (κ1) is 27.6. The molecule has 1 aromatic carbocycles. The number of rotatable bonds is 10. The molecule has 1 N–H and O–H groups in total. The Bertz CT molecular complexity index is 1110. The van der Waals surface area contributed by atoms with Crippen LogP contribution in [0.5, 0.6) is 0 Å². The minimum absolute atomic E-state index is 0.259. The SMILES string of the molecule is CCC(CC)(OC1(C)C=CC=CC=C1)C1=CC=CC(C)(OC(C)(CC)c2cccc(C(=O)O)c2)C=C1. The Morgan fingerprint density at radius 3 is 2.06 bits per heavy atom. The highest BCUT2D eigenvalue weighted by Crippen LogP contribution is 2.40. The normalized spacial score (nSPS) is 22.6. The van der Waals surface area contributed by atoms with Crippen LogP contribution in [0.3, 0.4) is 0 Å². The van der Waals surface area contributed by atoms with E-state index in [0.717, 1.165) is 24.0 Å². The van der Waals surface area contributed by atoms with Crippen LogP contribution < -0.4 is 0 Å². The molecule has 2 unspecified atom stereocenters. The molecular formula is C32H40O4. The van der Waals surface area contributed by atoms with E-state index in [-0.39, 0.29) is 5.56 Å². The van der Waals surface area contributed by atoms with Crippen LogP contribution in [0.15, 0.2) is 96.7 Å². The molecule has 1 aromatic rings.